The van der Waals surface area contributed by atoms with Crippen LogP contribution in [0.2, 0.25) is 0 Å². The number of methoxy groups -OCH3 is 1. The molecule has 0 saturated heterocycles. The lowest BCUT2D eigenvalue weighted by Crippen LogP contribution is -2.33. The van der Waals surface area contributed by atoms with E-state index in [0.717, 1.165) is 0 Å². The maximum absolute atomic E-state index is 12.1. The van der Waals surface area contributed by atoms with Crippen LogP contribution < -0.4 is 20.1 Å². The summed E-state index contributed by atoms with van der Waals surface area (Å²) in [7, 11) is 1.43. The van der Waals surface area contributed by atoms with Gasteiger partial charge in [0.2, 0.25) is 5.91 Å². The second-order valence-electron chi connectivity index (χ2n) is 5.21. The van der Waals surface area contributed by atoms with Gasteiger partial charge < -0.3 is 24.9 Å². The van der Waals surface area contributed by atoms with Crippen molar-refractivity contribution in [2.24, 2.45) is 0 Å². The Balaban J connectivity index is 1.91. The van der Waals surface area contributed by atoms with E-state index in [0.29, 0.717) is 17.2 Å². The van der Waals surface area contributed by atoms with Crippen LogP contribution in [0.1, 0.15) is 10.5 Å². The number of hydrogen-bond donors (Lipinski definition) is 2. The fourth-order valence-electron chi connectivity index (χ4n) is 2.09. The number of rotatable bonds is 10. The highest BCUT2D eigenvalue weighted by molar-refractivity contribution is 5.99. The van der Waals surface area contributed by atoms with Gasteiger partial charge in [-0.05, 0) is 24.3 Å². The van der Waals surface area contributed by atoms with Crippen molar-refractivity contribution in [3.63, 3.8) is 0 Å². The van der Waals surface area contributed by atoms with E-state index in [1.54, 1.807) is 24.3 Å². The highest BCUT2D eigenvalue weighted by Gasteiger charge is 2.12. The summed E-state index contributed by atoms with van der Waals surface area (Å²) in [5.74, 6) is -0.249. The summed E-state index contributed by atoms with van der Waals surface area (Å²) in [6.07, 6.45) is 1.47. The number of amides is 2. The van der Waals surface area contributed by atoms with Crippen LogP contribution in [0.15, 0.2) is 42.6 Å². The fourth-order valence-corrected chi connectivity index (χ4v) is 2.09. The average molecular weight is 390 g/mol. The van der Waals surface area contributed by atoms with Gasteiger partial charge in [0.1, 0.15) is 30.4 Å². The Morgan fingerprint density at radius 2 is 2.04 bits per heavy atom. The van der Waals surface area contributed by atoms with E-state index in [9.17, 15) is 19.7 Å². The predicted octanol–water partition coefficient (Wildman–Crippen LogP) is 1.05. The Kier molecular flexibility index (Phi) is 7.52. The van der Waals surface area contributed by atoms with E-state index < -0.39 is 16.9 Å². The Bertz CT molecular complexity index is 830. The molecule has 0 aliphatic heterocycles. The zero-order valence-electron chi connectivity index (χ0n) is 14.9. The first kappa shape index (κ1) is 20.4. The van der Waals surface area contributed by atoms with Crippen LogP contribution in [0.4, 0.5) is 5.69 Å². The van der Waals surface area contributed by atoms with Crippen LogP contribution in [-0.2, 0) is 9.63 Å². The maximum Gasteiger partial charge on any atom is 0.294 e. The highest BCUT2D eigenvalue weighted by atomic mass is 17.0. The second kappa shape index (κ2) is 10.3. The van der Waals surface area contributed by atoms with E-state index in [1.807, 2.05) is 0 Å². The van der Waals surface area contributed by atoms with Crippen LogP contribution in [0.25, 0.3) is 0 Å². The number of pyridine rings is 1. The Morgan fingerprint density at radius 3 is 2.71 bits per heavy atom. The summed E-state index contributed by atoms with van der Waals surface area (Å²) in [5.41, 5.74) is 0.507. The molecule has 0 atom stereocenters. The highest BCUT2D eigenvalue weighted by Crippen LogP contribution is 2.29. The Hall–Kier alpha value is -3.89. The topological polar surface area (TPSA) is 142 Å². The lowest BCUT2D eigenvalue weighted by Gasteiger charge is -2.13. The van der Waals surface area contributed by atoms with Gasteiger partial charge in [-0.3, -0.25) is 14.6 Å². The van der Waals surface area contributed by atoms with Crippen molar-refractivity contribution in [1.82, 2.24) is 10.3 Å². The molecule has 0 fully saturated rings. The Morgan fingerprint density at radius 1 is 1.21 bits per heavy atom. The van der Waals surface area contributed by atoms with Crippen LogP contribution in [0.3, 0.4) is 0 Å². The summed E-state index contributed by atoms with van der Waals surface area (Å²) in [6, 6.07) is 9.49. The molecule has 11 nitrogen and oxygen atoms in total. The molecule has 11 heteroatoms. The molecule has 0 aliphatic carbocycles. The molecular formula is C17H18N4O7. The number of ether oxygens (including phenoxy) is 2. The number of carbonyl (C=O) groups is 2. The molecule has 0 aliphatic rings. The number of nitrogens with zero attached hydrogens (tertiary/aromatic N) is 2. The van der Waals surface area contributed by atoms with E-state index in [2.05, 4.69) is 20.5 Å². The molecule has 2 amide bonds. The lowest BCUT2D eigenvalue weighted by atomic mass is 10.2. The van der Waals surface area contributed by atoms with Crippen molar-refractivity contribution in [2.45, 2.75) is 0 Å². The van der Waals surface area contributed by atoms with Crippen molar-refractivity contribution < 1.29 is 29.0 Å². The first-order valence-electron chi connectivity index (χ1n) is 8.07. The fraction of sp³-hybridized carbons (Fsp3) is 0.235. The molecule has 0 unspecified atom stereocenters. The summed E-state index contributed by atoms with van der Waals surface area (Å²) < 4.78 is 10.5. The molecule has 2 aromatic rings. The van der Waals surface area contributed by atoms with E-state index >= 15 is 0 Å². The largest absolute Gasteiger partial charge is 0.495 e. The van der Waals surface area contributed by atoms with Gasteiger partial charge in [-0.15, -0.1) is 10.1 Å². The van der Waals surface area contributed by atoms with Gasteiger partial charge in [-0.1, -0.05) is 6.07 Å². The summed E-state index contributed by atoms with van der Waals surface area (Å²) in [5, 5.41) is 14.2. The molecule has 0 spiro atoms. The van der Waals surface area contributed by atoms with Gasteiger partial charge in [0, 0.05) is 12.3 Å². The smallest absolute Gasteiger partial charge is 0.294 e. The first-order valence-corrected chi connectivity index (χ1v) is 8.07. The minimum Gasteiger partial charge on any atom is -0.495 e. The number of aromatic nitrogens is 1. The molecule has 0 radical (unpaired) electrons. The van der Waals surface area contributed by atoms with Crippen molar-refractivity contribution in [3.05, 3.63) is 58.4 Å². The van der Waals surface area contributed by atoms with Crippen molar-refractivity contribution in [2.75, 3.05) is 32.2 Å². The standard InChI is InChI=1S/C17H18N4O7/c1-26-15-6-5-12(27-8-9-28-21(24)25)10-14(15)20-16(22)11-19-17(23)13-4-2-3-7-18-13/h2-7,10H,8-9,11H2,1H3,(H,19,23)(H,20,22). The zero-order chi connectivity index (χ0) is 20.4. The van der Waals surface area contributed by atoms with Gasteiger partial charge in [0.15, 0.2) is 0 Å². The molecule has 148 valence electrons. The van der Waals surface area contributed by atoms with Gasteiger partial charge in [0.05, 0.1) is 19.3 Å². The molecule has 0 saturated carbocycles. The predicted molar refractivity (Wildman–Crippen MR) is 96.6 cm³/mol. The normalized spacial score (nSPS) is 9.89. The number of carbonyl (C=O) groups excluding carboxylic acids is 2. The molecule has 2 N–H and O–H groups in total. The molecule has 1 aromatic carbocycles. The number of nitrogens with one attached hydrogen (secondary N) is 2. The summed E-state index contributed by atoms with van der Waals surface area (Å²) >= 11 is 0. The van der Waals surface area contributed by atoms with Gasteiger partial charge in [0.25, 0.3) is 11.0 Å². The maximum atomic E-state index is 12.1. The van der Waals surface area contributed by atoms with Gasteiger partial charge >= 0.3 is 0 Å². The number of anilines is 1. The SMILES string of the molecule is COc1ccc(OCCO[N+](=O)[O-])cc1NC(=O)CNC(=O)c1ccccn1. The van der Waals surface area contributed by atoms with Crippen molar-refractivity contribution in [1.29, 1.82) is 0 Å². The van der Waals surface area contributed by atoms with Crippen LogP contribution in [0.5, 0.6) is 11.5 Å². The van der Waals surface area contributed by atoms with Crippen LogP contribution in [-0.4, -0.2) is 48.8 Å². The molecule has 1 heterocycles. The van der Waals surface area contributed by atoms with Gasteiger partial charge in [-0.2, -0.15) is 0 Å². The third-order valence-corrected chi connectivity index (χ3v) is 3.30. The second-order valence-corrected chi connectivity index (χ2v) is 5.21. The van der Waals surface area contributed by atoms with Crippen molar-refractivity contribution in [3.8, 4) is 11.5 Å². The number of hydrogen-bond acceptors (Lipinski definition) is 8. The summed E-state index contributed by atoms with van der Waals surface area (Å²) in [4.78, 5) is 42.2. The minimum atomic E-state index is -0.914. The monoisotopic (exact) mass is 390 g/mol. The van der Waals surface area contributed by atoms with E-state index in [4.69, 9.17) is 9.47 Å². The van der Waals surface area contributed by atoms with Crippen LogP contribution in [0, 0.1) is 10.1 Å². The molecular weight excluding hydrogens is 372 g/mol. The van der Waals surface area contributed by atoms with Crippen LogP contribution >= 0.6 is 0 Å². The average Bonchev–Trinajstić information content (AvgIpc) is 2.70. The lowest BCUT2D eigenvalue weighted by molar-refractivity contribution is -0.757. The third kappa shape index (κ3) is 6.44. The number of benzene rings is 1. The summed E-state index contributed by atoms with van der Waals surface area (Å²) in [6.45, 7) is -0.568. The van der Waals surface area contributed by atoms with E-state index in [-0.39, 0.29) is 25.5 Å². The van der Waals surface area contributed by atoms with Gasteiger partial charge in [-0.25, -0.2) is 0 Å². The quantitative estimate of drug-likeness (QED) is 0.348. The minimum absolute atomic E-state index is 0.0547. The zero-order valence-corrected chi connectivity index (χ0v) is 14.9. The Labute approximate surface area is 159 Å². The van der Waals surface area contributed by atoms with Crippen molar-refractivity contribution >= 4 is 17.5 Å². The molecule has 28 heavy (non-hydrogen) atoms. The third-order valence-electron chi connectivity index (χ3n) is 3.30. The first-order chi connectivity index (χ1) is 13.5. The molecule has 0 bridgehead atoms. The molecule has 2 rings (SSSR count). The molecule has 1 aromatic heterocycles. The van der Waals surface area contributed by atoms with E-state index in [1.165, 1.54) is 25.4 Å².